The van der Waals surface area contributed by atoms with E-state index in [0.29, 0.717) is 6.61 Å². The van der Waals surface area contributed by atoms with Crippen LogP contribution in [0.5, 0.6) is 0 Å². The standard InChI is InChI=1S/C18H22N2O/c1-2-19-18-11-10-14(12-20-18)13-21-17-9-5-7-15-6-3-4-8-16(15)17/h3-4,6,8,10-12,17H,2,5,7,9,13H2,1H3,(H,19,20). The van der Waals surface area contributed by atoms with Gasteiger partial charge in [-0.2, -0.15) is 0 Å². The number of aryl methyl sites for hydroxylation is 1. The van der Waals surface area contributed by atoms with Gasteiger partial charge in [-0.05, 0) is 48.9 Å². The zero-order valence-corrected chi connectivity index (χ0v) is 12.5. The summed E-state index contributed by atoms with van der Waals surface area (Å²) < 4.78 is 6.13. The van der Waals surface area contributed by atoms with Crippen LogP contribution in [0.25, 0.3) is 0 Å². The van der Waals surface area contributed by atoms with Crippen molar-refractivity contribution in [1.82, 2.24) is 4.98 Å². The van der Waals surface area contributed by atoms with Gasteiger partial charge in [-0.25, -0.2) is 4.98 Å². The van der Waals surface area contributed by atoms with Crippen molar-refractivity contribution in [2.75, 3.05) is 11.9 Å². The maximum Gasteiger partial charge on any atom is 0.125 e. The van der Waals surface area contributed by atoms with E-state index in [4.69, 9.17) is 4.74 Å². The Hall–Kier alpha value is -1.87. The first-order valence-corrected chi connectivity index (χ1v) is 7.75. The molecule has 3 nitrogen and oxygen atoms in total. The summed E-state index contributed by atoms with van der Waals surface area (Å²) in [5.41, 5.74) is 3.93. The van der Waals surface area contributed by atoms with Crippen LogP contribution < -0.4 is 5.32 Å². The van der Waals surface area contributed by atoms with Gasteiger partial charge in [0, 0.05) is 12.7 Å². The monoisotopic (exact) mass is 282 g/mol. The molecule has 0 bridgehead atoms. The molecule has 1 atom stereocenters. The highest BCUT2D eigenvalue weighted by atomic mass is 16.5. The number of benzene rings is 1. The summed E-state index contributed by atoms with van der Waals surface area (Å²) in [5, 5.41) is 3.20. The SMILES string of the molecule is CCNc1ccc(COC2CCCc3ccccc32)cn1. The van der Waals surface area contributed by atoms with Crippen LogP contribution >= 0.6 is 0 Å². The van der Waals surface area contributed by atoms with Gasteiger partial charge in [-0.15, -0.1) is 0 Å². The molecule has 0 saturated heterocycles. The second-order valence-electron chi connectivity index (χ2n) is 5.47. The van der Waals surface area contributed by atoms with Crippen LogP contribution in [-0.2, 0) is 17.8 Å². The number of ether oxygens (including phenoxy) is 1. The molecule has 3 rings (SSSR count). The maximum absolute atomic E-state index is 6.13. The van der Waals surface area contributed by atoms with Crippen molar-refractivity contribution in [2.24, 2.45) is 0 Å². The van der Waals surface area contributed by atoms with Crippen LogP contribution in [-0.4, -0.2) is 11.5 Å². The van der Waals surface area contributed by atoms with Crippen molar-refractivity contribution in [3.63, 3.8) is 0 Å². The van der Waals surface area contributed by atoms with E-state index in [-0.39, 0.29) is 6.10 Å². The number of pyridine rings is 1. The first kappa shape index (κ1) is 14.1. The number of nitrogens with zero attached hydrogens (tertiary/aromatic N) is 1. The molecule has 0 saturated carbocycles. The Kier molecular flexibility index (Phi) is 4.51. The van der Waals surface area contributed by atoms with Gasteiger partial charge in [-0.1, -0.05) is 30.3 Å². The zero-order valence-electron chi connectivity index (χ0n) is 12.5. The molecule has 1 unspecified atom stereocenters. The minimum Gasteiger partial charge on any atom is -0.370 e. The fourth-order valence-corrected chi connectivity index (χ4v) is 2.87. The molecule has 1 N–H and O–H groups in total. The summed E-state index contributed by atoms with van der Waals surface area (Å²) in [6.07, 6.45) is 5.62. The van der Waals surface area contributed by atoms with E-state index < -0.39 is 0 Å². The van der Waals surface area contributed by atoms with E-state index in [1.165, 1.54) is 24.0 Å². The lowest BCUT2D eigenvalue weighted by atomic mass is 9.89. The van der Waals surface area contributed by atoms with E-state index in [1.807, 2.05) is 12.3 Å². The van der Waals surface area contributed by atoms with Crippen LogP contribution in [0.2, 0.25) is 0 Å². The average Bonchev–Trinajstić information content (AvgIpc) is 2.54. The fourth-order valence-electron chi connectivity index (χ4n) is 2.87. The number of hydrogen-bond donors (Lipinski definition) is 1. The smallest absolute Gasteiger partial charge is 0.125 e. The van der Waals surface area contributed by atoms with Crippen molar-refractivity contribution < 1.29 is 4.74 Å². The van der Waals surface area contributed by atoms with Crippen LogP contribution in [0.1, 0.15) is 42.6 Å². The molecule has 0 amide bonds. The number of aromatic nitrogens is 1. The zero-order chi connectivity index (χ0) is 14.5. The third-order valence-corrected chi connectivity index (χ3v) is 3.95. The lowest BCUT2D eigenvalue weighted by molar-refractivity contribution is 0.0281. The number of nitrogens with one attached hydrogen (secondary N) is 1. The summed E-state index contributed by atoms with van der Waals surface area (Å²) in [7, 11) is 0. The molecule has 0 aliphatic heterocycles. The second-order valence-corrected chi connectivity index (χ2v) is 5.47. The molecule has 21 heavy (non-hydrogen) atoms. The molecule has 1 heterocycles. The molecule has 0 spiro atoms. The normalized spacial score (nSPS) is 17.3. The van der Waals surface area contributed by atoms with Crippen molar-refractivity contribution >= 4 is 5.82 Å². The molecule has 0 fully saturated rings. The summed E-state index contributed by atoms with van der Waals surface area (Å²) in [5.74, 6) is 0.921. The highest BCUT2D eigenvalue weighted by molar-refractivity contribution is 5.35. The van der Waals surface area contributed by atoms with E-state index in [9.17, 15) is 0 Å². The number of hydrogen-bond acceptors (Lipinski definition) is 3. The van der Waals surface area contributed by atoms with E-state index in [1.54, 1.807) is 0 Å². The molecule has 3 heteroatoms. The molecule has 1 aliphatic carbocycles. The predicted molar refractivity (Wildman–Crippen MR) is 85.3 cm³/mol. The summed E-state index contributed by atoms with van der Waals surface area (Å²) >= 11 is 0. The molecule has 0 radical (unpaired) electrons. The first-order valence-electron chi connectivity index (χ1n) is 7.75. The van der Waals surface area contributed by atoms with Crippen LogP contribution in [0.3, 0.4) is 0 Å². The Bertz CT molecular complexity index is 580. The molecule has 1 aliphatic rings. The van der Waals surface area contributed by atoms with Gasteiger partial charge >= 0.3 is 0 Å². The topological polar surface area (TPSA) is 34.1 Å². The van der Waals surface area contributed by atoms with Crippen LogP contribution in [0, 0.1) is 0 Å². The summed E-state index contributed by atoms with van der Waals surface area (Å²) in [6.45, 7) is 3.58. The van der Waals surface area contributed by atoms with E-state index >= 15 is 0 Å². The van der Waals surface area contributed by atoms with Crippen LogP contribution in [0.4, 0.5) is 5.82 Å². The van der Waals surface area contributed by atoms with Gasteiger partial charge in [0.15, 0.2) is 0 Å². The Balaban J connectivity index is 1.63. The molecular weight excluding hydrogens is 260 g/mol. The van der Waals surface area contributed by atoms with Crippen molar-refractivity contribution in [2.45, 2.75) is 38.9 Å². The van der Waals surface area contributed by atoms with Crippen molar-refractivity contribution in [1.29, 1.82) is 0 Å². The quantitative estimate of drug-likeness (QED) is 0.896. The van der Waals surface area contributed by atoms with Gasteiger partial charge in [-0.3, -0.25) is 0 Å². The third-order valence-electron chi connectivity index (χ3n) is 3.95. The maximum atomic E-state index is 6.13. The van der Waals surface area contributed by atoms with Gasteiger partial charge < -0.3 is 10.1 Å². The lowest BCUT2D eigenvalue weighted by Gasteiger charge is -2.25. The van der Waals surface area contributed by atoms with Gasteiger partial charge in [0.1, 0.15) is 5.82 Å². The third kappa shape index (κ3) is 3.42. The predicted octanol–water partition coefficient (Wildman–Crippen LogP) is 4.11. The van der Waals surface area contributed by atoms with Gasteiger partial charge in [0.05, 0.1) is 12.7 Å². The summed E-state index contributed by atoms with van der Waals surface area (Å²) in [4.78, 5) is 4.39. The molecule has 1 aromatic carbocycles. The molecule has 1 aromatic heterocycles. The largest absolute Gasteiger partial charge is 0.370 e. The molecular formula is C18H22N2O. The fraction of sp³-hybridized carbons (Fsp3) is 0.389. The number of fused-ring (bicyclic) bond motifs is 1. The van der Waals surface area contributed by atoms with Crippen molar-refractivity contribution in [3.8, 4) is 0 Å². The number of anilines is 1. The highest BCUT2D eigenvalue weighted by Gasteiger charge is 2.20. The minimum absolute atomic E-state index is 0.225. The number of rotatable bonds is 5. The second kappa shape index (κ2) is 6.72. The van der Waals surface area contributed by atoms with Gasteiger partial charge in [0.25, 0.3) is 0 Å². The Labute approximate surface area is 126 Å². The highest BCUT2D eigenvalue weighted by Crippen LogP contribution is 2.32. The van der Waals surface area contributed by atoms with Crippen molar-refractivity contribution in [3.05, 3.63) is 59.3 Å². The van der Waals surface area contributed by atoms with E-state index in [0.717, 1.165) is 24.3 Å². The average molecular weight is 282 g/mol. The van der Waals surface area contributed by atoms with Gasteiger partial charge in [0.2, 0.25) is 0 Å². The van der Waals surface area contributed by atoms with E-state index in [2.05, 4.69) is 47.6 Å². The summed E-state index contributed by atoms with van der Waals surface area (Å²) in [6, 6.07) is 12.7. The minimum atomic E-state index is 0.225. The Morgan fingerprint density at radius 3 is 2.95 bits per heavy atom. The Morgan fingerprint density at radius 1 is 1.24 bits per heavy atom. The van der Waals surface area contributed by atoms with Crippen LogP contribution in [0.15, 0.2) is 42.6 Å². The molecule has 110 valence electrons. The molecule has 2 aromatic rings. The lowest BCUT2D eigenvalue weighted by Crippen LogP contribution is -2.12. The Morgan fingerprint density at radius 2 is 2.14 bits per heavy atom. The first-order chi connectivity index (χ1) is 10.4.